The highest BCUT2D eigenvalue weighted by Crippen LogP contribution is 2.05. The van der Waals surface area contributed by atoms with E-state index in [-0.39, 0.29) is 11.7 Å². The van der Waals surface area contributed by atoms with Crippen molar-refractivity contribution < 1.29 is 13.0 Å². The van der Waals surface area contributed by atoms with Gasteiger partial charge in [0.15, 0.2) is 0 Å². The monoisotopic (exact) mass is 164 g/mol. The van der Waals surface area contributed by atoms with Crippen LogP contribution in [-0.4, -0.2) is 18.7 Å². The van der Waals surface area contributed by atoms with Crippen LogP contribution in [0.3, 0.4) is 0 Å². The van der Waals surface area contributed by atoms with Gasteiger partial charge in [-0.05, 0) is 12.3 Å². The summed E-state index contributed by atoms with van der Waals surface area (Å²) in [6.07, 6.45) is 2.22. The molecule has 1 unspecified atom stereocenters. The summed E-state index contributed by atoms with van der Waals surface area (Å²) in [6, 6.07) is 0. The van der Waals surface area contributed by atoms with Gasteiger partial charge < -0.3 is 0 Å². The summed E-state index contributed by atoms with van der Waals surface area (Å²) in [5, 5.41) is 0. The molecule has 0 heterocycles. The fourth-order valence-electron chi connectivity index (χ4n) is 0.623. The van der Waals surface area contributed by atoms with Crippen LogP contribution < -0.4 is 0 Å². The smallest absolute Gasteiger partial charge is 0.265 e. The maximum atomic E-state index is 10.3. The van der Waals surface area contributed by atoms with Crippen LogP contribution >= 0.6 is 0 Å². The van der Waals surface area contributed by atoms with Crippen molar-refractivity contribution in [1.29, 1.82) is 0 Å². The van der Waals surface area contributed by atoms with Crippen molar-refractivity contribution in [2.24, 2.45) is 5.92 Å². The van der Waals surface area contributed by atoms with Gasteiger partial charge in [0.2, 0.25) is 0 Å². The molecule has 0 fully saturated rings. The number of hydrogen-bond acceptors (Lipinski definition) is 2. The Morgan fingerprint density at radius 3 is 2.30 bits per heavy atom. The molecular weight excluding hydrogens is 152 g/mol. The molecular formula is C6H12O3S. The molecule has 1 N–H and O–H groups in total. The van der Waals surface area contributed by atoms with Crippen LogP contribution in [-0.2, 0) is 10.1 Å². The first-order chi connectivity index (χ1) is 4.49. The van der Waals surface area contributed by atoms with E-state index in [2.05, 4.69) is 6.58 Å². The van der Waals surface area contributed by atoms with Crippen LogP contribution in [0.5, 0.6) is 0 Å². The van der Waals surface area contributed by atoms with Gasteiger partial charge in [-0.2, -0.15) is 8.42 Å². The average molecular weight is 164 g/mol. The molecule has 0 bridgehead atoms. The predicted molar refractivity (Wildman–Crippen MR) is 40.4 cm³/mol. The molecule has 0 rings (SSSR count). The van der Waals surface area contributed by atoms with Crippen molar-refractivity contribution in [3.63, 3.8) is 0 Å². The minimum Gasteiger partial charge on any atom is -0.286 e. The summed E-state index contributed by atoms with van der Waals surface area (Å²) in [5.74, 6) is -0.345. The molecule has 10 heavy (non-hydrogen) atoms. The Morgan fingerprint density at radius 1 is 1.70 bits per heavy atom. The Bertz CT molecular complexity index is 193. The van der Waals surface area contributed by atoms with Crippen molar-refractivity contribution >= 4 is 10.1 Å². The molecule has 0 amide bonds. The zero-order valence-corrected chi connectivity index (χ0v) is 6.76. The minimum absolute atomic E-state index is 0.130. The molecule has 4 heteroatoms. The summed E-state index contributed by atoms with van der Waals surface area (Å²) < 4.78 is 28.9. The lowest BCUT2D eigenvalue weighted by molar-refractivity contribution is 0.473. The van der Waals surface area contributed by atoms with Crippen molar-refractivity contribution in [3.8, 4) is 0 Å². The molecule has 0 spiro atoms. The summed E-state index contributed by atoms with van der Waals surface area (Å²) in [6.45, 7) is 5.29. The maximum Gasteiger partial charge on any atom is 0.265 e. The van der Waals surface area contributed by atoms with Gasteiger partial charge in [0.05, 0.1) is 5.75 Å². The molecule has 3 nitrogen and oxygen atoms in total. The van der Waals surface area contributed by atoms with Gasteiger partial charge in [-0.15, -0.1) is 6.58 Å². The lowest BCUT2D eigenvalue weighted by atomic mass is 10.1. The Morgan fingerprint density at radius 2 is 2.20 bits per heavy atom. The molecule has 0 aliphatic carbocycles. The lowest BCUT2D eigenvalue weighted by Gasteiger charge is -2.04. The third kappa shape index (κ3) is 4.52. The lowest BCUT2D eigenvalue weighted by Crippen LogP contribution is -2.12. The SMILES string of the molecule is C=CC(CC)CS(=O)(=O)O. The van der Waals surface area contributed by atoms with Gasteiger partial charge in [-0.3, -0.25) is 4.55 Å². The zero-order valence-electron chi connectivity index (χ0n) is 5.95. The molecule has 0 aromatic carbocycles. The van der Waals surface area contributed by atoms with E-state index in [1.54, 1.807) is 0 Å². The summed E-state index contributed by atoms with van der Waals surface area (Å²) >= 11 is 0. The highest BCUT2D eigenvalue weighted by molar-refractivity contribution is 7.85. The number of rotatable bonds is 4. The van der Waals surface area contributed by atoms with Gasteiger partial charge in [0.1, 0.15) is 0 Å². The van der Waals surface area contributed by atoms with Gasteiger partial charge >= 0.3 is 0 Å². The first kappa shape index (κ1) is 9.65. The highest BCUT2D eigenvalue weighted by atomic mass is 32.2. The molecule has 0 saturated carbocycles. The average Bonchev–Trinajstić information content (AvgIpc) is 1.81. The van der Waals surface area contributed by atoms with Gasteiger partial charge in [-0.25, -0.2) is 0 Å². The van der Waals surface area contributed by atoms with Gasteiger partial charge in [-0.1, -0.05) is 13.0 Å². The van der Waals surface area contributed by atoms with Gasteiger partial charge in [0.25, 0.3) is 10.1 Å². The van der Waals surface area contributed by atoms with Crippen LogP contribution in [0.1, 0.15) is 13.3 Å². The molecule has 0 aromatic heterocycles. The standard InChI is InChI=1S/C6H12O3S/c1-3-6(4-2)5-10(7,8)9/h3,6H,1,4-5H2,2H3,(H,7,8,9). The normalized spacial score (nSPS) is 14.6. The van der Waals surface area contributed by atoms with Crippen LogP contribution in [0.4, 0.5) is 0 Å². The zero-order chi connectivity index (χ0) is 8.20. The Hall–Kier alpha value is -0.350. The minimum atomic E-state index is -3.82. The van der Waals surface area contributed by atoms with E-state index < -0.39 is 10.1 Å². The van der Waals surface area contributed by atoms with Crippen LogP contribution in [0.15, 0.2) is 12.7 Å². The summed E-state index contributed by atoms with van der Waals surface area (Å²) in [7, 11) is -3.82. The topological polar surface area (TPSA) is 54.4 Å². The summed E-state index contributed by atoms with van der Waals surface area (Å²) in [4.78, 5) is 0. The third-order valence-corrected chi connectivity index (χ3v) is 2.13. The number of hydrogen-bond donors (Lipinski definition) is 1. The van der Waals surface area contributed by atoms with E-state index in [0.717, 1.165) is 0 Å². The fourth-order valence-corrected chi connectivity index (χ4v) is 1.54. The van der Waals surface area contributed by atoms with Crippen molar-refractivity contribution in [2.45, 2.75) is 13.3 Å². The van der Waals surface area contributed by atoms with E-state index in [1.807, 2.05) is 6.92 Å². The van der Waals surface area contributed by atoms with Crippen LogP contribution in [0.2, 0.25) is 0 Å². The molecule has 0 aliphatic heterocycles. The van der Waals surface area contributed by atoms with Crippen molar-refractivity contribution in [3.05, 3.63) is 12.7 Å². The highest BCUT2D eigenvalue weighted by Gasteiger charge is 2.10. The fraction of sp³-hybridized carbons (Fsp3) is 0.667. The molecule has 0 aliphatic rings. The van der Waals surface area contributed by atoms with E-state index in [9.17, 15) is 8.42 Å². The third-order valence-electron chi connectivity index (χ3n) is 1.28. The van der Waals surface area contributed by atoms with E-state index in [4.69, 9.17) is 4.55 Å². The molecule has 0 saturated heterocycles. The second kappa shape index (κ2) is 3.73. The van der Waals surface area contributed by atoms with Crippen LogP contribution in [0, 0.1) is 5.92 Å². The first-order valence-electron chi connectivity index (χ1n) is 3.07. The first-order valence-corrected chi connectivity index (χ1v) is 4.68. The van der Waals surface area contributed by atoms with Gasteiger partial charge in [0, 0.05) is 0 Å². The molecule has 1 atom stereocenters. The second-order valence-electron chi connectivity index (χ2n) is 2.15. The summed E-state index contributed by atoms with van der Waals surface area (Å²) in [5.41, 5.74) is 0. The van der Waals surface area contributed by atoms with Crippen molar-refractivity contribution in [1.82, 2.24) is 0 Å². The van der Waals surface area contributed by atoms with Crippen molar-refractivity contribution in [2.75, 3.05) is 5.75 Å². The van der Waals surface area contributed by atoms with Crippen LogP contribution in [0.25, 0.3) is 0 Å². The Kier molecular flexibility index (Phi) is 3.60. The quantitative estimate of drug-likeness (QED) is 0.499. The largest absolute Gasteiger partial charge is 0.286 e. The molecule has 60 valence electrons. The van der Waals surface area contributed by atoms with E-state index in [1.165, 1.54) is 6.08 Å². The maximum absolute atomic E-state index is 10.3. The number of allylic oxidation sites excluding steroid dienone is 1. The Balaban J connectivity index is 4.00. The second-order valence-corrected chi connectivity index (χ2v) is 3.65. The van der Waals surface area contributed by atoms with E-state index in [0.29, 0.717) is 6.42 Å². The Labute approximate surface area is 61.5 Å². The molecule has 0 radical (unpaired) electrons. The molecule has 0 aromatic rings. The van der Waals surface area contributed by atoms with E-state index >= 15 is 0 Å². The predicted octanol–water partition coefficient (Wildman–Crippen LogP) is 1.09.